The number of amides is 1. The summed E-state index contributed by atoms with van der Waals surface area (Å²) in [6, 6.07) is 0. The fourth-order valence-corrected chi connectivity index (χ4v) is 1.88. The zero-order valence-corrected chi connectivity index (χ0v) is 9.58. The minimum absolute atomic E-state index is 0.128. The molecule has 1 saturated heterocycles. The summed E-state index contributed by atoms with van der Waals surface area (Å²) < 4.78 is 0. The van der Waals surface area contributed by atoms with Crippen LogP contribution in [-0.4, -0.2) is 30.7 Å². The topological polar surface area (TPSA) is 55.6 Å². The predicted molar refractivity (Wildman–Crippen MR) is 59.0 cm³/mol. The maximum Gasteiger partial charge on any atom is 0.246 e. The van der Waals surface area contributed by atoms with E-state index in [0.29, 0.717) is 25.5 Å². The number of carbonyl (C=O) groups excluding carboxylic acids is 1. The number of hydrogen-bond donors (Lipinski definition) is 1. The average molecular weight is 214 g/mol. The Hall–Kier alpha value is -0.610. The van der Waals surface area contributed by atoms with Crippen molar-refractivity contribution in [2.75, 3.05) is 19.7 Å². The van der Waals surface area contributed by atoms with Crippen LogP contribution >= 0.6 is 0 Å². The summed E-state index contributed by atoms with van der Waals surface area (Å²) in [5.74, 6) is 0.713. The van der Waals surface area contributed by atoms with Crippen LogP contribution in [-0.2, 0) is 9.63 Å². The lowest BCUT2D eigenvalue weighted by Gasteiger charge is -2.16. The lowest BCUT2D eigenvalue weighted by atomic mass is 9.96. The number of carbonyl (C=O) groups is 1. The first-order chi connectivity index (χ1) is 7.27. The SMILES string of the molecule is CCC(CCN)CCC(=O)N1CCCO1. The minimum atomic E-state index is 0.128. The van der Waals surface area contributed by atoms with Crippen molar-refractivity contribution in [3.63, 3.8) is 0 Å². The van der Waals surface area contributed by atoms with Gasteiger partial charge in [0.05, 0.1) is 13.2 Å². The molecule has 1 aliphatic heterocycles. The van der Waals surface area contributed by atoms with Crippen molar-refractivity contribution in [2.45, 2.75) is 39.0 Å². The summed E-state index contributed by atoms with van der Waals surface area (Å²) in [4.78, 5) is 16.8. The summed E-state index contributed by atoms with van der Waals surface area (Å²) in [5.41, 5.74) is 5.51. The second-order valence-corrected chi connectivity index (χ2v) is 4.07. The van der Waals surface area contributed by atoms with Crippen LogP contribution in [0.15, 0.2) is 0 Å². The summed E-state index contributed by atoms with van der Waals surface area (Å²) >= 11 is 0. The van der Waals surface area contributed by atoms with Gasteiger partial charge in [-0.3, -0.25) is 9.63 Å². The number of nitrogens with zero attached hydrogens (tertiary/aromatic N) is 1. The van der Waals surface area contributed by atoms with E-state index in [1.165, 1.54) is 5.06 Å². The van der Waals surface area contributed by atoms with Crippen molar-refractivity contribution in [3.8, 4) is 0 Å². The average Bonchev–Trinajstić information content (AvgIpc) is 2.77. The van der Waals surface area contributed by atoms with E-state index >= 15 is 0 Å². The van der Waals surface area contributed by atoms with Gasteiger partial charge in [-0.05, 0) is 31.7 Å². The Balaban J connectivity index is 2.19. The first-order valence-electron chi connectivity index (χ1n) is 5.91. The molecule has 1 rings (SSSR count). The van der Waals surface area contributed by atoms with Crippen LogP contribution in [0.1, 0.15) is 39.0 Å². The largest absolute Gasteiger partial charge is 0.330 e. The number of nitrogens with two attached hydrogens (primary N) is 1. The molecule has 4 heteroatoms. The Labute approximate surface area is 91.7 Å². The Morgan fingerprint density at radius 3 is 2.87 bits per heavy atom. The van der Waals surface area contributed by atoms with E-state index in [-0.39, 0.29) is 5.91 Å². The third-order valence-electron chi connectivity index (χ3n) is 2.95. The minimum Gasteiger partial charge on any atom is -0.330 e. The van der Waals surface area contributed by atoms with Gasteiger partial charge in [-0.1, -0.05) is 13.3 Å². The van der Waals surface area contributed by atoms with Crippen molar-refractivity contribution in [2.24, 2.45) is 11.7 Å². The maximum atomic E-state index is 11.6. The number of hydrogen-bond acceptors (Lipinski definition) is 3. The first kappa shape index (κ1) is 12.5. The van der Waals surface area contributed by atoms with Crippen LogP contribution in [0.2, 0.25) is 0 Å². The fraction of sp³-hybridized carbons (Fsp3) is 0.909. The van der Waals surface area contributed by atoms with Crippen LogP contribution < -0.4 is 5.73 Å². The third kappa shape index (κ3) is 4.18. The molecule has 0 aliphatic carbocycles. The van der Waals surface area contributed by atoms with Gasteiger partial charge >= 0.3 is 0 Å². The molecule has 0 bridgehead atoms. The van der Waals surface area contributed by atoms with Crippen LogP contribution in [0.4, 0.5) is 0 Å². The van der Waals surface area contributed by atoms with E-state index in [0.717, 1.165) is 32.2 Å². The molecule has 15 heavy (non-hydrogen) atoms. The Morgan fingerprint density at radius 2 is 2.33 bits per heavy atom. The summed E-state index contributed by atoms with van der Waals surface area (Å²) in [7, 11) is 0. The highest BCUT2D eigenvalue weighted by atomic mass is 16.7. The summed E-state index contributed by atoms with van der Waals surface area (Å²) in [6.07, 6.45) is 4.62. The highest BCUT2D eigenvalue weighted by molar-refractivity contribution is 5.75. The van der Waals surface area contributed by atoms with Crippen LogP contribution in [0, 0.1) is 5.92 Å². The number of hydroxylamine groups is 2. The Morgan fingerprint density at radius 1 is 1.53 bits per heavy atom. The normalized spacial score (nSPS) is 18.1. The van der Waals surface area contributed by atoms with Crippen LogP contribution in [0.5, 0.6) is 0 Å². The Bertz CT molecular complexity index is 191. The van der Waals surface area contributed by atoms with E-state index in [9.17, 15) is 4.79 Å². The first-order valence-corrected chi connectivity index (χ1v) is 5.91. The molecule has 2 N–H and O–H groups in total. The van der Waals surface area contributed by atoms with Crippen LogP contribution in [0.25, 0.3) is 0 Å². The fourth-order valence-electron chi connectivity index (χ4n) is 1.88. The van der Waals surface area contributed by atoms with Gasteiger partial charge in [0.25, 0.3) is 0 Å². The predicted octanol–water partition coefficient (Wildman–Crippen LogP) is 1.31. The molecule has 1 aliphatic rings. The van der Waals surface area contributed by atoms with Gasteiger partial charge in [0, 0.05) is 6.42 Å². The molecule has 0 saturated carbocycles. The Kier molecular flexibility index (Phi) is 5.65. The molecule has 4 nitrogen and oxygen atoms in total. The molecule has 88 valence electrons. The van der Waals surface area contributed by atoms with E-state index in [2.05, 4.69) is 6.92 Å². The molecule has 1 fully saturated rings. The molecule has 0 aromatic rings. The van der Waals surface area contributed by atoms with Gasteiger partial charge in [0.15, 0.2) is 0 Å². The van der Waals surface area contributed by atoms with Crippen molar-refractivity contribution >= 4 is 5.91 Å². The summed E-state index contributed by atoms with van der Waals surface area (Å²) in [5, 5.41) is 1.51. The zero-order chi connectivity index (χ0) is 11.1. The maximum absolute atomic E-state index is 11.6. The molecule has 1 amide bonds. The second-order valence-electron chi connectivity index (χ2n) is 4.07. The number of rotatable bonds is 6. The zero-order valence-electron chi connectivity index (χ0n) is 9.58. The molecule has 0 aromatic carbocycles. The highest BCUT2D eigenvalue weighted by Gasteiger charge is 2.19. The van der Waals surface area contributed by atoms with Crippen molar-refractivity contribution < 1.29 is 9.63 Å². The standard InChI is InChI=1S/C11H22N2O2/c1-2-10(6-7-12)4-5-11(14)13-8-3-9-15-13/h10H,2-9,12H2,1H3. The second kappa shape index (κ2) is 6.80. The van der Waals surface area contributed by atoms with Gasteiger partial charge in [-0.15, -0.1) is 0 Å². The van der Waals surface area contributed by atoms with E-state index in [4.69, 9.17) is 10.6 Å². The van der Waals surface area contributed by atoms with Crippen molar-refractivity contribution in [1.82, 2.24) is 5.06 Å². The molecule has 1 heterocycles. The van der Waals surface area contributed by atoms with Crippen molar-refractivity contribution in [1.29, 1.82) is 0 Å². The van der Waals surface area contributed by atoms with Gasteiger partial charge in [0.1, 0.15) is 0 Å². The third-order valence-corrected chi connectivity index (χ3v) is 2.95. The molecule has 1 atom stereocenters. The lowest BCUT2D eigenvalue weighted by molar-refractivity contribution is -0.169. The van der Waals surface area contributed by atoms with Gasteiger partial charge < -0.3 is 5.73 Å². The monoisotopic (exact) mass is 214 g/mol. The van der Waals surface area contributed by atoms with E-state index in [1.54, 1.807) is 0 Å². The molecule has 0 radical (unpaired) electrons. The summed E-state index contributed by atoms with van der Waals surface area (Å²) in [6.45, 7) is 4.31. The smallest absolute Gasteiger partial charge is 0.246 e. The van der Waals surface area contributed by atoms with Gasteiger partial charge in [0.2, 0.25) is 5.91 Å². The lowest BCUT2D eigenvalue weighted by Crippen LogP contribution is -2.26. The molecule has 0 spiro atoms. The van der Waals surface area contributed by atoms with Gasteiger partial charge in [-0.25, -0.2) is 5.06 Å². The van der Waals surface area contributed by atoms with E-state index in [1.807, 2.05) is 0 Å². The quantitative estimate of drug-likeness (QED) is 0.725. The van der Waals surface area contributed by atoms with Gasteiger partial charge in [-0.2, -0.15) is 0 Å². The molecule has 0 aromatic heterocycles. The molecular weight excluding hydrogens is 192 g/mol. The van der Waals surface area contributed by atoms with Crippen LogP contribution in [0.3, 0.4) is 0 Å². The molecular formula is C11H22N2O2. The molecule has 1 unspecified atom stereocenters. The highest BCUT2D eigenvalue weighted by Crippen LogP contribution is 2.16. The van der Waals surface area contributed by atoms with Crippen molar-refractivity contribution in [3.05, 3.63) is 0 Å². The van der Waals surface area contributed by atoms with E-state index < -0.39 is 0 Å².